The van der Waals surface area contributed by atoms with Gasteiger partial charge in [0.2, 0.25) is 0 Å². The van der Waals surface area contributed by atoms with Gasteiger partial charge in [-0.1, -0.05) is 6.92 Å². The van der Waals surface area contributed by atoms with E-state index in [1.807, 2.05) is 4.57 Å². The van der Waals surface area contributed by atoms with Gasteiger partial charge in [0.25, 0.3) is 0 Å². The predicted octanol–water partition coefficient (Wildman–Crippen LogP) is 1.89. The van der Waals surface area contributed by atoms with Crippen molar-refractivity contribution in [2.75, 3.05) is 0 Å². The van der Waals surface area contributed by atoms with Crippen LogP contribution in [0.25, 0.3) is 11.5 Å². The topological polar surface area (TPSA) is 43.6 Å². The summed E-state index contributed by atoms with van der Waals surface area (Å²) in [4.78, 5) is 3.97. The second-order valence-electron chi connectivity index (χ2n) is 3.21. The molecule has 2 rings (SSSR count). The molecule has 0 radical (unpaired) electrons. The number of hydrogen-bond donors (Lipinski definition) is 0. The van der Waals surface area contributed by atoms with E-state index in [1.54, 1.807) is 12.4 Å². The van der Waals surface area contributed by atoms with Crippen molar-refractivity contribution in [2.24, 2.45) is 0 Å². The Balaban J connectivity index is 2.36. The lowest BCUT2D eigenvalue weighted by Gasteiger charge is -2.03. The van der Waals surface area contributed by atoms with Crippen molar-refractivity contribution in [3.05, 3.63) is 30.5 Å². The SMILES string of the molecule is CCCn1cnnc1-c1ccc(F)cn1. The third kappa shape index (κ3) is 2.01. The number of aryl methyl sites for hydroxylation is 1. The minimum absolute atomic E-state index is 0.347. The summed E-state index contributed by atoms with van der Waals surface area (Å²) in [5, 5.41) is 7.78. The summed E-state index contributed by atoms with van der Waals surface area (Å²) in [7, 11) is 0. The van der Waals surface area contributed by atoms with Crippen molar-refractivity contribution in [2.45, 2.75) is 19.9 Å². The zero-order valence-electron chi connectivity index (χ0n) is 8.39. The van der Waals surface area contributed by atoms with E-state index in [0.717, 1.165) is 13.0 Å². The first-order valence-corrected chi connectivity index (χ1v) is 4.81. The Morgan fingerprint density at radius 2 is 2.27 bits per heavy atom. The van der Waals surface area contributed by atoms with Gasteiger partial charge < -0.3 is 4.57 Å². The molecule has 0 bridgehead atoms. The number of hydrogen-bond acceptors (Lipinski definition) is 3. The average Bonchev–Trinajstić information content (AvgIpc) is 2.68. The molecule has 15 heavy (non-hydrogen) atoms. The standard InChI is InChI=1S/C10H11FN4/c1-2-5-15-7-13-14-10(15)9-4-3-8(11)6-12-9/h3-4,6-7H,2,5H2,1H3. The highest BCUT2D eigenvalue weighted by Crippen LogP contribution is 2.13. The van der Waals surface area contributed by atoms with Crippen LogP contribution in [0.5, 0.6) is 0 Å². The highest BCUT2D eigenvalue weighted by atomic mass is 19.1. The minimum Gasteiger partial charge on any atom is -0.312 e. The van der Waals surface area contributed by atoms with Gasteiger partial charge >= 0.3 is 0 Å². The monoisotopic (exact) mass is 206 g/mol. The van der Waals surface area contributed by atoms with Gasteiger partial charge in [-0.15, -0.1) is 10.2 Å². The van der Waals surface area contributed by atoms with Crippen molar-refractivity contribution in [1.82, 2.24) is 19.7 Å². The summed E-state index contributed by atoms with van der Waals surface area (Å²) >= 11 is 0. The molecule has 2 aromatic heterocycles. The molecule has 78 valence electrons. The Morgan fingerprint density at radius 3 is 2.93 bits per heavy atom. The van der Waals surface area contributed by atoms with Crippen molar-refractivity contribution in [3.8, 4) is 11.5 Å². The van der Waals surface area contributed by atoms with E-state index >= 15 is 0 Å². The Morgan fingerprint density at radius 1 is 1.40 bits per heavy atom. The summed E-state index contributed by atoms with van der Waals surface area (Å²) in [5.74, 6) is 0.331. The quantitative estimate of drug-likeness (QED) is 0.770. The molecule has 0 atom stereocenters. The Bertz CT molecular complexity index is 435. The average molecular weight is 206 g/mol. The maximum Gasteiger partial charge on any atom is 0.182 e. The van der Waals surface area contributed by atoms with Crippen LogP contribution in [-0.4, -0.2) is 19.7 Å². The molecular weight excluding hydrogens is 195 g/mol. The van der Waals surface area contributed by atoms with Crippen molar-refractivity contribution in [1.29, 1.82) is 0 Å². The molecule has 2 aromatic rings. The number of halogens is 1. The first kappa shape index (κ1) is 9.76. The molecule has 0 amide bonds. The van der Waals surface area contributed by atoms with Gasteiger partial charge in [-0.05, 0) is 18.6 Å². The Hall–Kier alpha value is -1.78. The lowest BCUT2D eigenvalue weighted by Crippen LogP contribution is -1.99. The summed E-state index contributed by atoms with van der Waals surface area (Å²) in [6.45, 7) is 2.91. The molecule has 0 N–H and O–H groups in total. The first-order valence-electron chi connectivity index (χ1n) is 4.81. The summed E-state index contributed by atoms with van der Waals surface area (Å²) in [6, 6.07) is 2.97. The first-order chi connectivity index (χ1) is 7.31. The van der Waals surface area contributed by atoms with Crippen LogP contribution < -0.4 is 0 Å². The van der Waals surface area contributed by atoms with Crippen LogP contribution >= 0.6 is 0 Å². The van der Waals surface area contributed by atoms with Crippen LogP contribution in [0.4, 0.5) is 4.39 Å². The Kier molecular flexibility index (Phi) is 2.71. The number of nitrogens with zero attached hydrogens (tertiary/aromatic N) is 4. The molecular formula is C10H11FN4. The third-order valence-electron chi connectivity index (χ3n) is 2.04. The van der Waals surface area contributed by atoms with Gasteiger partial charge in [-0.3, -0.25) is 0 Å². The lowest BCUT2D eigenvalue weighted by atomic mass is 10.3. The highest BCUT2D eigenvalue weighted by Gasteiger charge is 2.07. The van der Waals surface area contributed by atoms with Crippen molar-refractivity contribution in [3.63, 3.8) is 0 Å². The lowest BCUT2D eigenvalue weighted by molar-refractivity contribution is 0.621. The molecule has 0 saturated heterocycles. The minimum atomic E-state index is -0.347. The number of rotatable bonds is 3. The van der Waals surface area contributed by atoms with Crippen molar-refractivity contribution >= 4 is 0 Å². The van der Waals surface area contributed by atoms with E-state index in [1.165, 1.54) is 12.3 Å². The van der Waals surface area contributed by atoms with Gasteiger partial charge in [0.05, 0.1) is 6.20 Å². The van der Waals surface area contributed by atoms with Gasteiger partial charge in [-0.2, -0.15) is 0 Å². The third-order valence-corrected chi connectivity index (χ3v) is 2.04. The van der Waals surface area contributed by atoms with Crippen LogP contribution in [0.1, 0.15) is 13.3 Å². The molecule has 4 nitrogen and oxygen atoms in total. The molecule has 0 unspecified atom stereocenters. The van der Waals surface area contributed by atoms with E-state index in [9.17, 15) is 4.39 Å². The fraction of sp³-hybridized carbons (Fsp3) is 0.300. The molecule has 0 aliphatic rings. The van der Waals surface area contributed by atoms with Gasteiger partial charge in [0.15, 0.2) is 5.82 Å². The predicted molar refractivity (Wildman–Crippen MR) is 53.5 cm³/mol. The molecule has 2 heterocycles. The van der Waals surface area contributed by atoms with Crippen LogP contribution in [0, 0.1) is 5.82 Å². The normalized spacial score (nSPS) is 10.5. The van der Waals surface area contributed by atoms with E-state index < -0.39 is 0 Å². The fourth-order valence-corrected chi connectivity index (χ4v) is 1.37. The Labute approximate surface area is 86.8 Å². The van der Waals surface area contributed by atoms with Crippen LogP contribution in [0.3, 0.4) is 0 Å². The van der Waals surface area contributed by atoms with Crippen LogP contribution in [-0.2, 0) is 6.54 Å². The molecule has 0 fully saturated rings. The largest absolute Gasteiger partial charge is 0.312 e. The van der Waals surface area contributed by atoms with Crippen LogP contribution in [0.2, 0.25) is 0 Å². The van der Waals surface area contributed by atoms with Gasteiger partial charge in [0, 0.05) is 6.54 Å². The zero-order valence-corrected chi connectivity index (χ0v) is 8.39. The summed E-state index contributed by atoms with van der Waals surface area (Å²) in [6.07, 6.45) is 3.83. The number of aromatic nitrogens is 4. The smallest absolute Gasteiger partial charge is 0.182 e. The van der Waals surface area contributed by atoms with Crippen molar-refractivity contribution < 1.29 is 4.39 Å². The van der Waals surface area contributed by atoms with E-state index in [0.29, 0.717) is 11.5 Å². The molecule has 5 heteroatoms. The molecule has 0 aliphatic carbocycles. The van der Waals surface area contributed by atoms with Gasteiger partial charge in [0.1, 0.15) is 17.8 Å². The second kappa shape index (κ2) is 4.16. The summed E-state index contributed by atoms with van der Waals surface area (Å²) in [5.41, 5.74) is 0.641. The van der Waals surface area contributed by atoms with E-state index in [4.69, 9.17) is 0 Å². The highest BCUT2D eigenvalue weighted by molar-refractivity contribution is 5.48. The van der Waals surface area contributed by atoms with Gasteiger partial charge in [-0.25, -0.2) is 9.37 Å². The summed E-state index contributed by atoms with van der Waals surface area (Å²) < 4.78 is 14.6. The van der Waals surface area contributed by atoms with E-state index in [2.05, 4.69) is 22.1 Å². The molecule has 0 aliphatic heterocycles. The van der Waals surface area contributed by atoms with Crippen LogP contribution in [0.15, 0.2) is 24.7 Å². The second-order valence-corrected chi connectivity index (χ2v) is 3.21. The zero-order chi connectivity index (χ0) is 10.7. The fourth-order valence-electron chi connectivity index (χ4n) is 1.37. The maximum atomic E-state index is 12.7. The molecule has 0 spiro atoms. The molecule has 0 saturated carbocycles. The van der Waals surface area contributed by atoms with E-state index in [-0.39, 0.29) is 5.82 Å². The number of pyridine rings is 1. The molecule has 0 aromatic carbocycles. The maximum absolute atomic E-state index is 12.7.